The van der Waals surface area contributed by atoms with E-state index in [1.807, 2.05) is 13.8 Å². The lowest BCUT2D eigenvalue weighted by molar-refractivity contribution is -0.162. The largest absolute Gasteiger partial charge is 0.508 e. The molecule has 26 heavy (non-hydrogen) atoms. The van der Waals surface area contributed by atoms with Gasteiger partial charge in [-0.05, 0) is 31.5 Å². The average molecular weight is 379 g/mol. The second kappa shape index (κ2) is 6.48. The number of phenolic OH excluding ortho intramolecular Hbond substituents is 1. The van der Waals surface area contributed by atoms with E-state index in [9.17, 15) is 19.5 Å². The van der Waals surface area contributed by atoms with Crippen molar-refractivity contribution in [2.24, 2.45) is 5.73 Å². The van der Waals surface area contributed by atoms with Crippen molar-refractivity contribution in [1.82, 2.24) is 10.2 Å². The Hall–Kier alpha value is -2.26. The molecule has 0 aromatic heterocycles. The van der Waals surface area contributed by atoms with Crippen LogP contribution < -0.4 is 11.1 Å². The molecule has 0 bridgehead atoms. The first-order valence-corrected chi connectivity index (χ1v) is 8.98. The smallest absolute Gasteiger partial charge is 0.330 e. The van der Waals surface area contributed by atoms with Gasteiger partial charge < -0.3 is 25.8 Å². The molecule has 2 saturated heterocycles. The predicted octanol–water partition coefficient (Wildman–Crippen LogP) is 0.112. The average Bonchev–Trinajstić information content (AvgIpc) is 2.86. The summed E-state index contributed by atoms with van der Waals surface area (Å²) in [5.41, 5.74) is 6.47. The molecule has 1 aromatic rings. The van der Waals surface area contributed by atoms with Gasteiger partial charge in [0.25, 0.3) is 0 Å². The van der Waals surface area contributed by atoms with Crippen molar-refractivity contribution >= 4 is 29.5 Å². The molecule has 3 rings (SSSR count). The molecule has 0 saturated carbocycles. The summed E-state index contributed by atoms with van der Waals surface area (Å²) >= 11 is 1.45. The minimum absolute atomic E-state index is 0.0737. The number of thioether (sulfide) groups is 1. The summed E-state index contributed by atoms with van der Waals surface area (Å²) in [6.45, 7) is 3.73. The highest BCUT2D eigenvalue weighted by atomic mass is 32.2. The van der Waals surface area contributed by atoms with E-state index in [1.165, 1.54) is 35.9 Å². The maximum Gasteiger partial charge on any atom is 0.330 e. The number of nitrogens with zero attached hydrogens (tertiary/aromatic N) is 1. The molecule has 0 spiro atoms. The Morgan fingerprint density at radius 1 is 1.35 bits per heavy atom. The molecule has 9 heteroatoms. The summed E-state index contributed by atoms with van der Waals surface area (Å²) in [6, 6.07) is 3.60. The Morgan fingerprint density at radius 2 is 1.96 bits per heavy atom. The summed E-state index contributed by atoms with van der Waals surface area (Å²) in [5.74, 6) is -1.21. The fourth-order valence-electron chi connectivity index (χ4n) is 3.31. The number of esters is 1. The number of carbonyl (C=O) groups is 3. The van der Waals surface area contributed by atoms with Crippen LogP contribution >= 0.6 is 11.8 Å². The fraction of sp³-hybridized carbons (Fsp3) is 0.471. The molecule has 1 aromatic carbocycles. The van der Waals surface area contributed by atoms with Crippen LogP contribution in [0.1, 0.15) is 25.5 Å². The van der Waals surface area contributed by atoms with Crippen molar-refractivity contribution in [2.45, 2.75) is 42.1 Å². The van der Waals surface area contributed by atoms with E-state index in [1.54, 1.807) is 12.1 Å². The molecule has 2 heterocycles. The van der Waals surface area contributed by atoms with E-state index in [0.29, 0.717) is 5.56 Å². The third-order valence-electron chi connectivity index (χ3n) is 4.70. The summed E-state index contributed by atoms with van der Waals surface area (Å²) in [6.07, 6.45) is 0. The van der Waals surface area contributed by atoms with Gasteiger partial charge in [0.2, 0.25) is 11.8 Å². The number of methoxy groups -OCH3 is 1. The highest BCUT2D eigenvalue weighted by Gasteiger charge is 2.64. The molecule has 4 atom stereocenters. The monoisotopic (exact) mass is 379 g/mol. The van der Waals surface area contributed by atoms with Crippen LogP contribution in [0.4, 0.5) is 0 Å². The van der Waals surface area contributed by atoms with Gasteiger partial charge in [0, 0.05) is 4.75 Å². The quantitative estimate of drug-likeness (QED) is 0.501. The van der Waals surface area contributed by atoms with Gasteiger partial charge in [0.15, 0.2) is 0 Å². The van der Waals surface area contributed by atoms with Crippen molar-refractivity contribution in [2.75, 3.05) is 7.11 Å². The number of hydrogen-bond donors (Lipinski definition) is 3. The molecule has 2 fully saturated rings. The van der Waals surface area contributed by atoms with Gasteiger partial charge in [-0.15, -0.1) is 11.8 Å². The van der Waals surface area contributed by atoms with Crippen LogP contribution in [0.2, 0.25) is 0 Å². The maximum absolute atomic E-state index is 12.5. The number of hydrogen-bond acceptors (Lipinski definition) is 7. The van der Waals surface area contributed by atoms with Crippen molar-refractivity contribution in [3.05, 3.63) is 29.8 Å². The first kappa shape index (κ1) is 18.5. The second-order valence-corrected chi connectivity index (χ2v) is 8.61. The summed E-state index contributed by atoms with van der Waals surface area (Å²) in [4.78, 5) is 38.5. The number of benzene rings is 1. The number of nitrogens with two attached hydrogens (primary N) is 1. The van der Waals surface area contributed by atoms with Gasteiger partial charge in [-0.25, -0.2) is 4.79 Å². The Morgan fingerprint density at radius 3 is 2.54 bits per heavy atom. The Labute approximate surface area is 155 Å². The van der Waals surface area contributed by atoms with Gasteiger partial charge in [0.1, 0.15) is 29.2 Å². The highest BCUT2D eigenvalue weighted by Crippen LogP contribution is 2.51. The van der Waals surface area contributed by atoms with Crippen molar-refractivity contribution in [3.8, 4) is 5.75 Å². The molecule has 2 unspecified atom stereocenters. The third kappa shape index (κ3) is 2.90. The summed E-state index contributed by atoms with van der Waals surface area (Å²) in [5, 5.41) is 11.7. The summed E-state index contributed by atoms with van der Waals surface area (Å²) < 4.78 is 4.30. The number of ether oxygens (including phenoxy) is 1. The van der Waals surface area contributed by atoms with Gasteiger partial charge in [-0.2, -0.15) is 0 Å². The molecule has 0 aliphatic carbocycles. The molecule has 0 radical (unpaired) electrons. The van der Waals surface area contributed by atoms with Crippen LogP contribution in [0.25, 0.3) is 0 Å². The number of carbonyl (C=O) groups excluding carboxylic acids is 3. The zero-order valence-electron chi connectivity index (χ0n) is 14.6. The van der Waals surface area contributed by atoms with E-state index in [4.69, 9.17) is 10.5 Å². The van der Waals surface area contributed by atoms with Crippen molar-refractivity contribution in [1.29, 1.82) is 0 Å². The summed E-state index contributed by atoms with van der Waals surface area (Å²) in [7, 11) is 1.29. The number of phenols is 1. The van der Waals surface area contributed by atoms with Crippen LogP contribution in [0.3, 0.4) is 0 Å². The van der Waals surface area contributed by atoms with Crippen LogP contribution in [-0.2, 0) is 19.1 Å². The van der Waals surface area contributed by atoms with Crippen molar-refractivity contribution < 1.29 is 24.2 Å². The second-order valence-electron chi connectivity index (χ2n) is 6.84. The normalized spacial score (nSPS) is 27.3. The van der Waals surface area contributed by atoms with E-state index >= 15 is 0 Å². The number of amides is 2. The molecule has 4 N–H and O–H groups in total. The van der Waals surface area contributed by atoms with E-state index in [2.05, 4.69) is 5.32 Å². The van der Waals surface area contributed by atoms with Crippen LogP contribution in [0.5, 0.6) is 5.75 Å². The third-order valence-corrected chi connectivity index (χ3v) is 6.27. The lowest BCUT2D eigenvalue weighted by atomic mass is 9.95. The SMILES string of the molecule is COC(=O)[C@@H]1N2C(=O)C(NC(=O)C(N)c3ccc(O)cc3)[C@H]2SC1(C)C. The Balaban J connectivity index is 1.71. The highest BCUT2D eigenvalue weighted by molar-refractivity contribution is 8.01. The Kier molecular flexibility index (Phi) is 4.61. The number of aromatic hydroxyl groups is 1. The minimum atomic E-state index is -0.965. The molecular formula is C17H21N3O5S. The molecular weight excluding hydrogens is 358 g/mol. The molecule has 140 valence electrons. The maximum atomic E-state index is 12.5. The number of nitrogens with one attached hydrogen (secondary N) is 1. The van der Waals surface area contributed by atoms with Gasteiger partial charge in [-0.3, -0.25) is 9.59 Å². The van der Waals surface area contributed by atoms with Gasteiger partial charge in [0.05, 0.1) is 7.11 Å². The first-order valence-electron chi connectivity index (χ1n) is 8.10. The first-order chi connectivity index (χ1) is 12.2. The number of rotatable bonds is 4. The minimum Gasteiger partial charge on any atom is -0.508 e. The van der Waals surface area contributed by atoms with E-state index in [-0.39, 0.29) is 17.0 Å². The molecule has 2 aliphatic heterocycles. The number of fused-ring (bicyclic) bond motifs is 1. The van der Waals surface area contributed by atoms with Crippen LogP contribution in [-0.4, -0.2) is 57.1 Å². The predicted molar refractivity (Wildman–Crippen MR) is 95.1 cm³/mol. The van der Waals surface area contributed by atoms with Crippen molar-refractivity contribution in [3.63, 3.8) is 0 Å². The van der Waals surface area contributed by atoms with E-state index in [0.717, 1.165) is 0 Å². The topological polar surface area (TPSA) is 122 Å². The lowest BCUT2D eigenvalue weighted by Gasteiger charge is -2.44. The van der Waals surface area contributed by atoms with Crippen LogP contribution in [0, 0.1) is 0 Å². The standard InChI is InChI=1S/C17H21N3O5S/c1-17(2)12(16(24)25-3)20-14(23)11(15(20)26-17)19-13(22)10(18)8-4-6-9(21)7-5-8/h4-7,10-12,15,21H,18H2,1-3H3,(H,19,22)/t10?,11?,12-,15+/m0/s1. The van der Waals surface area contributed by atoms with Gasteiger partial charge in [-0.1, -0.05) is 12.1 Å². The zero-order valence-corrected chi connectivity index (χ0v) is 15.4. The number of β-lactam (4-membered cyclic amide) rings is 1. The molecule has 2 amide bonds. The van der Waals surface area contributed by atoms with Gasteiger partial charge >= 0.3 is 5.97 Å². The van der Waals surface area contributed by atoms with E-state index < -0.39 is 34.7 Å². The Bertz CT molecular complexity index is 751. The molecule has 2 aliphatic rings. The lowest BCUT2D eigenvalue weighted by Crippen LogP contribution is -2.71. The van der Waals surface area contributed by atoms with Crippen LogP contribution in [0.15, 0.2) is 24.3 Å². The fourth-order valence-corrected chi connectivity index (χ4v) is 4.93. The molecule has 8 nitrogen and oxygen atoms in total. The zero-order chi connectivity index (χ0) is 19.2.